The molecule has 1 aromatic carbocycles. The highest BCUT2D eigenvalue weighted by atomic mass is 32.1. The van der Waals surface area contributed by atoms with Gasteiger partial charge in [-0.3, -0.25) is 4.79 Å². The topological polar surface area (TPSA) is 55.1 Å². The molecule has 1 aliphatic heterocycles. The Morgan fingerprint density at radius 1 is 1.20 bits per heavy atom. The van der Waals surface area contributed by atoms with Crippen molar-refractivity contribution in [2.45, 2.75) is 32.6 Å². The summed E-state index contributed by atoms with van der Waals surface area (Å²) in [4.78, 5) is 14.1. The van der Waals surface area contributed by atoms with E-state index in [0.717, 1.165) is 34.6 Å². The Balaban J connectivity index is 1.83. The quantitative estimate of drug-likeness (QED) is 0.772. The van der Waals surface area contributed by atoms with Crippen molar-refractivity contribution in [3.63, 3.8) is 0 Å². The number of carbonyl (C=O) groups is 1. The second kappa shape index (κ2) is 5.88. The summed E-state index contributed by atoms with van der Waals surface area (Å²) in [6, 6.07) is 12.1. The number of nitrogens with one attached hydrogen (secondary N) is 1. The molecule has 25 heavy (non-hydrogen) atoms. The number of carbonyl (C=O) groups excluding carboxylic acids is 1. The number of allylic oxidation sites excluding steroid dienone is 3. The van der Waals surface area contributed by atoms with Gasteiger partial charge in [-0.25, -0.2) is 0 Å². The number of thiophene rings is 1. The van der Waals surface area contributed by atoms with E-state index in [-0.39, 0.29) is 17.1 Å². The lowest BCUT2D eigenvalue weighted by molar-refractivity contribution is -0.118. The summed E-state index contributed by atoms with van der Waals surface area (Å²) in [5.74, 6) is 0.288. The number of Topliss-reactive ketones (excluding diaryl/α,β-unsaturated/α-hetero) is 1. The monoisotopic (exact) mass is 350 g/mol. The third-order valence-corrected chi connectivity index (χ3v) is 5.85. The van der Waals surface area contributed by atoms with Crippen LogP contribution in [0.5, 0.6) is 0 Å². The van der Waals surface area contributed by atoms with Crippen LogP contribution in [0, 0.1) is 5.41 Å². The number of dihydropyridines is 1. The van der Waals surface area contributed by atoms with Crippen molar-refractivity contribution in [3.8, 4) is 0 Å². The first kappa shape index (κ1) is 16.2. The van der Waals surface area contributed by atoms with Crippen molar-refractivity contribution >= 4 is 28.5 Å². The van der Waals surface area contributed by atoms with Gasteiger partial charge in [0.25, 0.3) is 0 Å². The molecule has 3 nitrogen and oxygen atoms in total. The molecular weight excluding hydrogens is 328 g/mol. The Morgan fingerprint density at radius 2 is 2.04 bits per heavy atom. The van der Waals surface area contributed by atoms with Crippen LogP contribution in [0.2, 0.25) is 0 Å². The van der Waals surface area contributed by atoms with Crippen LogP contribution in [-0.4, -0.2) is 5.78 Å². The average Bonchev–Trinajstić information content (AvgIpc) is 3.06. The van der Waals surface area contributed by atoms with E-state index in [4.69, 9.17) is 5.73 Å². The Bertz CT molecular complexity index is 890. The van der Waals surface area contributed by atoms with Gasteiger partial charge in [-0.05, 0) is 47.1 Å². The lowest BCUT2D eigenvalue weighted by Gasteiger charge is -2.37. The molecule has 1 atom stereocenters. The Labute approximate surface area is 152 Å². The van der Waals surface area contributed by atoms with E-state index in [1.54, 1.807) is 11.3 Å². The van der Waals surface area contributed by atoms with E-state index in [1.165, 1.54) is 4.88 Å². The second-order valence-corrected chi connectivity index (χ2v) is 8.64. The molecule has 3 N–H and O–H groups in total. The maximum absolute atomic E-state index is 12.9. The molecule has 0 saturated heterocycles. The number of nitrogen functional groups attached to an aromatic ring is 1. The van der Waals surface area contributed by atoms with Crippen molar-refractivity contribution in [3.05, 3.63) is 69.6 Å². The molecule has 4 heteroatoms. The summed E-state index contributed by atoms with van der Waals surface area (Å²) in [6.07, 6.45) is 3.67. The van der Waals surface area contributed by atoms with Gasteiger partial charge in [-0.15, -0.1) is 11.3 Å². The number of nitrogens with two attached hydrogens (primary N) is 1. The van der Waals surface area contributed by atoms with Crippen LogP contribution < -0.4 is 11.1 Å². The number of anilines is 1. The van der Waals surface area contributed by atoms with E-state index >= 15 is 0 Å². The fourth-order valence-corrected chi connectivity index (χ4v) is 4.63. The van der Waals surface area contributed by atoms with E-state index < -0.39 is 0 Å². The van der Waals surface area contributed by atoms with Crippen LogP contribution in [0.4, 0.5) is 5.69 Å². The average molecular weight is 350 g/mol. The molecule has 1 aliphatic carbocycles. The smallest absolute Gasteiger partial charge is 0.162 e. The Kier molecular flexibility index (Phi) is 3.80. The predicted octanol–water partition coefficient (Wildman–Crippen LogP) is 4.70. The largest absolute Gasteiger partial charge is 0.399 e. The van der Waals surface area contributed by atoms with E-state index in [9.17, 15) is 4.79 Å². The van der Waals surface area contributed by atoms with Gasteiger partial charge in [0, 0.05) is 39.9 Å². The van der Waals surface area contributed by atoms with Crippen LogP contribution in [0.1, 0.15) is 43.0 Å². The summed E-state index contributed by atoms with van der Waals surface area (Å²) >= 11 is 1.70. The fourth-order valence-electron chi connectivity index (χ4n) is 3.83. The zero-order valence-electron chi connectivity index (χ0n) is 14.5. The molecule has 1 aromatic heterocycles. The van der Waals surface area contributed by atoms with Gasteiger partial charge >= 0.3 is 0 Å². The maximum atomic E-state index is 12.9. The summed E-state index contributed by atoms with van der Waals surface area (Å²) in [6.45, 7) is 4.32. The minimum atomic E-state index is -0.0128. The number of rotatable bonds is 2. The van der Waals surface area contributed by atoms with Crippen molar-refractivity contribution in [1.29, 1.82) is 0 Å². The minimum Gasteiger partial charge on any atom is -0.399 e. The van der Waals surface area contributed by atoms with Crippen molar-refractivity contribution in [2.75, 3.05) is 5.73 Å². The molecule has 4 rings (SSSR count). The molecule has 0 radical (unpaired) electrons. The third kappa shape index (κ3) is 3.02. The van der Waals surface area contributed by atoms with E-state index in [0.29, 0.717) is 6.42 Å². The lowest BCUT2D eigenvalue weighted by Crippen LogP contribution is -2.35. The zero-order valence-corrected chi connectivity index (χ0v) is 15.3. The lowest BCUT2D eigenvalue weighted by atomic mass is 9.71. The van der Waals surface area contributed by atoms with Gasteiger partial charge in [-0.1, -0.05) is 32.0 Å². The van der Waals surface area contributed by atoms with Crippen LogP contribution in [0.3, 0.4) is 0 Å². The summed E-state index contributed by atoms with van der Waals surface area (Å²) < 4.78 is 0. The van der Waals surface area contributed by atoms with Crippen LogP contribution in [0.15, 0.2) is 59.1 Å². The molecule has 2 heterocycles. The Morgan fingerprint density at radius 3 is 2.76 bits per heavy atom. The highest BCUT2D eigenvalue weighted by molar-refractivity contribution is 7.10. The normalized spacial score (nSPS) is 22.2. The molecule has 2 aromatic rings. The van der Waals surface area contributed by atoms with Crippen LogP contribution >= 0.6 is 11.3 Å². The summed E-state index contributed by atoms with van der Waals surface area (Å²) in [5.41, 5.74) is 10.8. The first-order chi connectivity index (χ1) is 11.9. The first-order valence-electron chi connectivity index (χ1n) is 8.57. The molecular formula is C21H22N2OS. The molecule has 128 valence electrons. The highest BCUT2D eigenvalue weighted by Gasteiger charge is 2.38. The standard InChI is InChI=1S/C21H22N2OS/c1-21(2)11-17-20(18(24)12-21)15(19-7-4-8-25-19)10-16(23-17)13-5-3-6-14(22)9-13/h3-10,15,23H,11-12,22H2,1-2H3. The first-order valence-corrected chi connectivity index (χ1v) is 9.45. The fraction of sp³-hybridized carbons (Fsp3) is 0.286. The van der Waals surface area contributed by atoms with Gasteiger partial charge in [0.05, 0.1) is 0 Å². The molecule has 2 aliphatic rings. The number of benzene rings is 1. The van der Waals surface area contributed by atoms with Gasteiger partial charge in [0.1, 0.15) is 0 Å². The van der Waals surface area contributed by atoms with Crippen molar-refractivity contribution < 1.29 is 4.79 Å². The second-order valence-electron chi connectivity index (χ2n) is 7.66. The summed E-state index contributed by atoms with van der Waals surface area (Å²) in [5, 5.41) is 5.62. The Hall–Kier alpha value is -2.33. The third-order valence-electron chi connectivity index (χ3n) is 4.90. The number of ketones is 1. The van der Waals surface area contributed by atoms with Crippen molar-refractivity contribution in [2.24, 2.45) is 5.41 Å². The van der Waals surface area contributed by atoms with Crippen molar-refractivity contribution in [1.82, 2.24) is 5.32 Å². The van der Waals surface area contributed by atoms with Gasteiger partial charge < -0.3 is 11.1 Å². The SMILES string of the molecule is CC1(C)CC(=O)C2=C(C1)NC(c1cccc(N)c1)=CC2c1cccs1. The van der Waals surface area contributed by atoms with Gasteiger partial charge in [0.15, 0.2) is 5.78 Å². The van der Waals surface area contributed by atoms with E-state index in [1.807, 2.05) is 24.3 Å². The zero-order chi connectivity index (χ0) is 17.6. The molecule has 0 fully saturated rings. The predicted molar refractivity (Wildman–Crippen MR) is 104 cm³/mol. The van der Waals surface area contributed by atoms with Crippen LogP contribution in [-0.2, 0) is 4.79 Å². The minimum absolute atomic E-state index is 0.0128. The highest BCUT2D eigenvalue weighted by Crippen LogP contribution is 2.45. The molecule has 0 spiro atoms. The van der Waals surface area contributed by atoms with Crippen LogP contribution in [0.25, 0.3) is 5.70 Å². The maximum Gasteiger partial charge on any atom is 0.162 e. The van der Waals surface area contributed by atoms with Gasteiger partial charge in [-0.2, -0.15) is 0 Å². The molecule has 0 amide bonds. The molecule has 0 saturated carbocycles. The summed E-state index contributed by atoms with van der Waals surface area (Å²) in [7, 11) is 0. The molecule has 1 unspecified atom stereocenters. The van der Waals surface area contributed by atoms with Gasteiger partial charge in [0.2, 0.25) is 0 Å². The number of hydrogen-bond donors (Lipinski definition) is 2. The molecule has 0 bridgehead atoms. The number of hydrogen-bond acceptors (Lipinski definition) is 4. The van der Waals surface area contributed by atoms with E-state index in [2.05, 4.69) is 42.8 Å².